The molecule has 28 heavy (non-hydrogen) atoms. The van der Waals surface area contributed by atoms with Gasteiger partial charge in [0.2, 0.25) is 0 Å². The molecule has 0 saturated heterocycles. The summed E-state index contributed by atoms with van der Waals surface area (Å²) in [5.74, 6) is 0.542. The molecule has 3 heterocycles. The molecule has 0 N–H and O–H groups in total. The van der Waals surface area contributed by atoms with Crippen molar-refractivity contribution in [2.24, 2.45) is 0 Å². The summed E-state index contributed by atoms with van der Waals surface area (Å²) >= 11 is 0. The van der Waals surface area contributed by atoms with Crippen LogP contribution in [0.2, 0.25) is 0 Å². The Kier molecular flexibility index (Phi) is 5.16. The Bertz CT molecular complexity index is 1060. The molecule has 1 aromatic carbocycles. The van der Waals surface area contributed by atoms with Crippen molar-refractivity contribution in [1.29, 1.82) is 0 Å². The number of methoxy groups -OCH3 is 1. The lowest BCUT2D eigenvalue weighted by Crippen LogP contribution is -2.33. The zero-order valence-corrected chi connectivity index (χ0v) is 15.5. The van der Waals surface area contributed by atoms with Crippen LogP contribution in [0.1, 0.15) is 16.1 Å². The molecular formula is C21H20N4O3. The summed E-state index contributed by atoms with van der Waals surface area (Å²) in [6.07, 6.45) is 4.86. The van der Waals surface area contributed by atoms with Crippen molar-refractivity contribution in [2.75, 3.05) is 20.3 Å². The second-order valence-corrected chi connectivity index (χ2v) is 6.29. The van der Waals surface area contributed by atoms with Crippen LogP contribution in [0.25, 0.3) is 16.9 Å². The van der Waals surface area contributed by atoms with Crippen LogP contribution in [0.5, 0.6) is 0 Å². The molecule has 1 amide bonds. The van der Waals surface area contributed by atoms with Gasteiger partial charge in [0.05, 0.1) is 31.3 Å². The Balaban J connectivity index is 1.70. The minimum Gasteiger partial charge on any atom is -0.467 e. The number of rotatable bonds is 7. The van der Waals surface area contributed by atoms with Crippen molar-refractivity contribution in [3.63, 3.8) is 0 Å². The number of ether oxygens (including phenoxy) is 1. The van der Waals surface area contributed by atoms with Crippen LogP contribution < -0.4 is 0 Å². The number of aromatic nitrogens is 3. The second kappa shape index (κ2) is 8.06. The third-order valence-electron chi connectivity index (χ3n) is 4.48. The lowest BCUT2D eigenvalue weighted by molar-refractivity contribution is 0.0668. The molecule has 142 valence electrons. The number of fused-ring (bicyclic) bond motifs is 1. The van der Waals surface area contributed by atoms with Crippen molar-refractivity contribution >= 4 is 11.6 Å². The Morgan fingerprint density at radius 2 is 2.04 bits per heavy atom. The third kappa shape index (κ3) is 3.52. The van der Waals surface area contributed by atoms with Gasteiger partial charge in [-0.1, -0.05) is 30.3 Å². The summed E-state index contributed by atoms with van der Waals surface area (Å²) < 4.78 is 12.3. The van der Waals surface area contributed by atoms with E-state index in [9.17, 15) is 4.79 Å². The van der Waals surface area contributed by atoms with Gasteiger partial charge in [-0.2, -0.15) is 5.10 Å². The van der Waals surface area contributed by atoms with Gasteiger partial charge in [0.15, 0.2) is 5.65 Å². The highest BCUT2D eigenvalue weighted by Crippen LogP contribution is 2.21. The summed E-state index contributed by atoms with van der Waals surface area (Å²) in [5, 5.41) is 4.43. The van der Waals surface area contributed by atoms with Crippen molar-refractivity contribution in [3.05, 3.63) is 78.5 Å². The lowest BCUT2D eigenvalue weighted by atomic mass is 10.1. The molecule has 0 atom stereocenters. The number of hydrogen-bond acceptors (Lipinski definition) is 5. The molecule has 0 radical (unpaired) electrons. The van der Waals surface area contributed by atoms with Crippen LogP contribution in [-0.4, -0.2) is 45.7 Å². The van der Waals surface area contributed by atoms with E-state index in [0.29, 0.717) is 36.7 Å². The number of furan rings is 1. The molecular weight excluding hydrogens is 356 g/mol. The van der Waals surface area contributed by atoms with Crippen molar-refractivity contribution in [1.82, 2.24) is 19.5 Å². The molecule has 0 aliphatic carbocycles. The fourth-order valence-electron chi connectivity index (χ4n) is 3.08. The number of carbonyl (C=O) groups excluding carboxylic acids is 1. The highest BCUT2D eigenvalue weighted by Gasteiger charge is 2.22. The number of amides is 1. The maximum Gasteiger partial charge on any atom is 0.259 e. The molecule has 0 saturated carbocycles. The molecule has 4 aromatic rings. The third-order valence-corrected chi connectivity index (χ3v) is 4.48. The van der Waals surface area contributed by atoms with Crippen LogP contribution in [0.3, 0.4) is 0 Å². The first-order valence-electron chi connectivity index (χ1n) is 8.96. The van der Waals surface area contributed by atoms with Gasteiger partial charge in [-0.25, -0.2) is 9.50 Å². The van der Waals surface area contributed by atoms with E-state index >= 15 is 0 Å². The van der Waals surface area contributed by atoms with Gasteiger partial charge in [-0.15, -0.1) is 0 Å². The van der Waals surface area contributed by atoms with Crippen LogP contribution in [0, 0.1) is 0 Å². The molecule has 0 aliphatic rings. The van der Waals surface area contributed by atoms with Gasteiger partial charge in [-0.05, 0) is 18.2 Å². The van der Waals surface area contributed by atoms with Crippen molar-refractivity contribution < 1.29 is 13.9 Å². The molecule has 0 spiro atoms. The molecule has 0 unspecified atom stereocenters. The normalized spacial score (nSPS) is 11.0. The first kappa shape index (κ1) is 17.9. The average Bonchev–Trinajstić information content (AvgIpc) is 3.40. The summed E-state index contributed by atoms with van der Waals surface area (Å²) in [4.78, 5) is 19.3. The smallest absolute Gasteiger partial charge is 0.259 e. The van der Waals surface area contributed by atoms with Gasteiger partial charge < -0.3 is 14.1 Å². The van der Waals surface area contributed by atoms with Crippen LogP contribution >= 0.6 is 0 Å². The number of carbonyl (C=O) groups is 1. The molecule has 3 aromatic heterocycles. The largest absolute Gasteiger partial charge is 0.467 e. The zero-order valence-electron chi connectivity index (χ0n) is 15.5. The maximum absolute atomic E-state index is 13.2. The fourth-order valence-corrected chi connectivity index (χ4v) is 3.08. The minimum absolute atomic E-state index is 0.166. The monoisotopic (exact) mass is 376 g/mol. The summed E-state index contributed by atoms with van der Waals surface area (Å²) in [6.45, 7) is 1.21. The highest BCUT2D eigenvalue weighted by atomic mass is 16.5. The Labute approximate surface area is 162 Å². The van der Waals surface area contributed by atoms with E-state index < -0.39 is 0 Å². The van der Waals surface area contributed by atoms with Crippen molar-refractivity contribution in [3.8, 4) is 11.3 Å². The first-order valence-corrected chi connectivity index (χ1v) is 8.96. The number of hydrogen-bond donors (Lipinski definition) is 0. The quantitative estimate of drug-likeness (QED) is 0.495. The molecule has 7 heteroatoms. The number of nitrogens with zero attached hydrogens (tertiary/aromatic N) is 4. The summed E-state index contributed by atoms with van der Waals surface area (Å²) in [6, 6.07) is 15.4. The maximum atomic E-state index is 13.2. The molecule has 0 bridgehead atoms. The van der Waals surface area contributed by atoms with E-state index in [1.165, 1.54) is 0 Å². The topological polar surface area (TPSA) is 72.9 Å². The number of benzene rings is 1. The summed E-state index contributed by atoms with van der Waals surface area (Å²) in [7, 11) is 1.61. The first-order chi connectivity index (χ1) is 13.8. The van der Waals surface area contributed by atoms with Crippen LogP contribution in [0.4, 0.5) is 0 Å². The second-order valence-electron chi connectivity index (χ2n) is 6.29. The molecule has 0 fully saturated rings. The predicted molar refractivity (Wildman–Crippen MR) is 104 cm³/mol. The van der Waals surface area contributed by atoms with E-state index in [-0.39, 0.29) is 5.91 Å². The lowest BCUT2D eigenvalue weighted by Gasteiger charge is -2.20. The van der Waals surface area contributed by atoms with E-state index in [2.05, 4.69) is 10.1 Å². The van der Waals surface area contributed by atoms with E-state index in [1.54, 1.807) is 41.2 Å². The Hall–Kier alpha value is -3.45. The van der Waals surface area contributed by atoms with Gasteiger partial charge in [0.1, 0.15) is 11.3 Å². The predicted octanol–water partition coefficient (Wildman–Crippen LogP) is 3.28. The van der Waals surface area contributed by atoms with Gasteiger partial charge in [-0.3, -0.25) is 4.79 Å². The van der Waals surface area contributed by atoms with E-state index in [4.69, 9.17) is 9.15 Å². The van der Waals surface area contributed by atoms with Gasteiger partial charge in [0, 0.05) is 25.4 Å². The van der Waals surface area contributed by atoms with Gasteiger partial charge in [0.25, 0.3) is 5.91 Å². The summed E-state index contributed by atoms with van der Waals surface area (Å²) in [5.41, 5.74) is 2.84. The minimum atomic E-state index is -0.166. The molecule has 4 rings (SSSR count). The van der Waals surface area contributed by atoms with Crippen LogP contribution in [0.15, 0.2) is 71.6 Å². The average molecular weight is 376 g/mol. The highest BCUT2D eigenvalue weighted by molar-refractivity contribution is 5.99. The standard InChI is InChI=1S/C21H20N4O3/c1-27-13-11-24(15-17-8-5-12-28-17)21(26)18-14-23-25-19(9-10-22-20(18)25)16-6-3-2-4-7-16/h2-10,12,14H,11,13,15H2,1H3. The van der Waals surface area contributed by atoms with Crippen LogP contribution in [-0.2, 0) is 11.3 Å². The van der Waals surface area contributed by atoms with E-state index in [0.717, 1.165) is 11.3 Å². The van der Waals surface area contributed by atoms with E-state index in [1.807, 2.05) is 42.5 Å². The Morgan fingerprint density at radius 1 is 1.18 bits per heavy atom. The SMILES string of the molecule is COCCN(Cc1ccco1)C(=O)c1cnn2c(-c3ccccc3)ccnc12. The fraction of sp³-hybridized carbons (Fsp3) is 0.190. The Morgan fingerprint density at radius 3 is 2.79 bits per heavy atom. The van der Waals surface area contributed by atoms with Crippen molar-refractivity contribution in [2.45, 2.75) is 6.54 Å². The molecule has 0 aliphatic heterocycles. The molecule has 7 nitrogen and oxygen atoms in total. The van der Waals surface area contributed by atoms with Gasteiger partial charge >= 0.3 is 0 Å². The zero-order chi connectivity index (χ0) is 19.3.